The molecule has 2 heterocycles. The van der Waals surface area contributed by atoms with Crippen molar-refractivity contribution in [3.63, 3.8) is 0 Å². The third-order valence-electron chi connectivity index (χ3n) is 3.41. The first kappa shape index (κ1) is 15.6. The van der Waals surface area contributed by atoms with Gasteiger partial charge in [0.05, 0.1) is 6.20 Å². The van der Waals surface area contributed by atoms with Gasteiger partial charge in [0, 0.05) is 37.4 Å². The Morgan fingerprint density at radius 3 is 2.71 bits per heavy atom. The number of aryl methyl sites for hydroxylation is 1. The summed E-state index contributed by atoms with van der Waals surface area (Å²) in [4.78, 5) is 24.3. The highest BCUT2D eigenvalue weighted by Crippen LogP contribution is 2.23. The monoisotopic (exact) mass is 326 g/mol. The number of halogens is 1. The van der Waals surface area contributed by atoms with Gasteiger partial charge in [0.25, 0.3) is 0 Å². The van der Waals surface area contributed by atoms with Gasteiger partial charge in [-0.2, -0.15) is 0 Å². The SMILES string of the molecule is Cn1ccnc1C(NC(=O)Nc1cnccn1)c1ccccc1F. The zero-order valence-electron chi connectivity index (χ0n) is 12.8. The van der Waals surface area contributed by atoms with Crippen LogP contribution in [-0.2, 0) is 7.05 Å². The van der Waals surface area contributed by atoms with Crippen LogP contribution in [0.1, 0.15) is 17.4 Å². The van der Waals surface area contributed by atoms with Crippen LogP contribution in [0.15, 0.2) is 55.2 Å². The molecule has 0 radical (unpaired) electrons. The number of nitrogens with one attached hydrogen (secondary N) is 2. The van der Waals surface area contributed by atoms with Crippen molar-refractivity contribution in [3.05, 3.63) is 72.5 Å². The number of rotatable bonds is 4. The standard InChI is InChI=1S/C16H15FN6O/c1-23-9-8-20-15(23)14(11-4-2-3-5-12(11)17)22-16(24)21-13-10-18-6-7-19-13/h2-10,14H,1H3,(H2,19,21,22,24). The van der Waals surface area contributed by atoms with Crippen molar-refractivity contribution < 1.29 is 9.18 Å². The van der Waals surface area contributed by atoms with Crippen LogP contribution in [0.4, 0.5) is 15.0 Å². The van der Waals surface area contributed by atoms with Gasteiger partial charge in [-0.25, -0.2) is 19.2 Å². The second-order valence-corrected chi connectivity index (χ2v) is 5.04. The molecule has 3 aromatic rings. The summed E-state index contributed by atoms with van der Waals surface area (Å²) in [6.45, 7) is 0. The highest BCUT2D eigenvalue weighted by Gasteiger charge is 2.23. The van der Waals surface area contributed by atoms with Gasteiger partial charge in [-0.1, -0.05) is 18.2 Å². The molecule has 0 spiro atoms. The summed E-state index contributed by atoms with van der Waals surface area (Å²) < 4.78 is 15.9. The third kappa shape index (κ3) is 3.37. The zero-order chi connectivity index (χ0) is 16.9. The van der Waals surface area contributed by atoms with Gasteiger partial charge in [-0.05, 0) is 6.07 Å². The van der Waals surface area contributed by atoms with E-state index in [9.17, 15) is 9.18 Å². The number of amides is 2. The van der Waals surface area contributed by atoms with Gasteiger partial charge in [0.15, 0.2) is 5.82 Å². The van der Waals surface area contributed by atoms with E-state index in [1.54, 1.807) is 42.2 Å². The highest BCUT2D eigenvalue weighted by atomic mass is 19.1. The largest absolute Gasteiger partial charge is 0.336 e. The van der Waals surface area contributed by atoms with Crippen LogP contribution in [0.3, 0.4) is 0 Å². The van der Waals surface area contributed by atoms with Gasteiger partial charge in [-0.3, -0.25) is 10.3 Å². The number of hydrogen-bond donors (Lipinski definition) is 2. The molecule has 2 N–H and O–H groups in total. The molecule has 0 aliphatic rings. The van der Waals surface area contributed by atoms with Crippen LogP contribution in [0.25, 0.3) is 0 Å². The minimum Gasteiger partial charge on any atom is -0.336 e. The highest BCUT2D eigenvalue weighted by molar-refractivity contribution is 5.88. The van der Waals surface area contributed by atoms with Gasteiger partial charge in [0.2, 0.25) is 0 Å². The topological polar surface area (TPSA) is 84.7 Å². The summed E-state index contributed by atoms with van der Waals surface area (Å²) in [5.41, 5.74) is 0.320. The molecular weight excluding hydrogens is 311 g/mol. The Morgan fingerprint density at radius 2 is 2.04 bits per heavy atom. The number of hydrogen-bond acceptors (Lipinski definition) is 4. The smallest absolute Gasteiger partial charge is 0.321 e. The van der Waals surface area contributed by atoms with Crippen molar-refractivity contribution in [1.29, 1.82) is 0 Å². The first-order valence-corrected chi connectivity index (χ1v) is 7.20. The lowest BCUT2D eigenvalue weighted by Crippen LogP contribution is -2.35. The average Bonchev–Trinajstić information content (AvgIpc) is 3.00. The molecular formula is C16H15FN6O. The number of carbonyl (C=O) groups is 1. The molecule has 0 aliphatic carbocycles. The first-order valence-electron chi connectivity index (χ1n) is 7.20. The summed E-state index contributed by atoms with van der Waals surface area (Å²) >= 11 is 0. The molecule has 7 nitrogen and oxygen atoms in total. The van der Waals surface area contributed by atoms with Crippen LogP contribution in [0, 0.1) is 5.82 Å². The second kappa shape index (κ2) is 6.86. The van der Waals surface area contributed by atoms with Crippen molar-refractivity contribution in [1.82, 2.24) is 24.8 Å². The van der Waals surface area contributed by atoms with Gasteiger partial charge in [0.1, 0.15) is 17.7 Å². The maximum absolute atomic E-state index is 14.2. The summed E-state index contributed by atoms with van der Waals surface area (Å²) in [6.07, 6.45) is 7.69. The van der Waals surface area contributed by atoms with Crippen molar-refractivity contribution in [2.45, 2.75) is 6.04 Å². The van der Waals surface area contributed by atoms with Gasteiger partial charge >= 0.3 is 6.03 Å². The van der Waals surface area contributed by atoms with E-state index in [1.807, 2.05) is 0 Å². The summed E-state index contributed by atoms with van der Waals surface area (Å²) in [6, 6.07) is 4.96. The normalized spacial score (nSPS) is 11.8. The Bertz CT molecular complexity index is 835. The fourth-order valence-corrected chi connectivity index (χ4v) is 2.29. The van der Waals surface area contributed by atoms with Gasteiger partial charge < -0.3 is 9.88 Å². The van der Waals surface area contributed by atoms with E-state index in [4.69, 9.17) is 0 Å². The summed E-state index contributed by atoms with van der Waals surface area (Å²) in [5, 5.41) is 5.28. The van der Waals surface area contributed by atoms with E-state index in [0.717, 1.165) is 0 Å². The van der Waals surface area contributed by atoms with Crippen LogP contribution in [-0.4, -0.2) is 25.6 Å². The molecule has 2 aromatic heterocycles. The van der Waals surface area contributed by atoms with Crippen LogP contribution in [0.5, 0.6) is 0 Å². The molecule has 1 unspecified atom stereocenters. The molecule has 0 saturated carbocycles. The van der Waals surface area contributed by atoms with Crippen LogP contribution in [0.2, 0.25) is 0 Å². The molecule has 2 amide bonds. The molecule has 3 rings (SSSR count). The predicted molar refractivity (Wildman–Crippen MR) is 85.6 cm³/mol. The number of nitrogens with zero attached hydrogens (tertiary/aromatic N) is 4. The molecule has 8 heteroatoms. The minimum absolute atomic E-state index is 0.294. The molecule has 24 heavy (non-hydrogen) atoms. The molecule has 0 bridgehead atoms. The number of urea groups is 1. The maximum Gasteiger partial charge on any atom is 0.321 e. The van der Waals surface area contributed by atoms with E-state index in [0.29, 0.717) is 17.2 Å². The van der Waals surface area contributed by atoms with E-state index in [2.05, 4.69) is 25.6 Å². The summed E-state index contributed by atoms with van der Waals surface area (Å²) in [5.74, 6) is 0.377. The number of aromatic nitrogens is 4. The average molecular weight is 326 g/mol. The Hall–Kier alpha value is -3.29. The van der Waals surface area contributed by atoms with Crippen LogP contribution < -0.4 is 10.6 Å². The van der Waals surface area contributed by atoms with Crippen molar-refractivity contribution in [2.75, 3.05) is 5.32 Å². The van der Waals surface area contributed by atoms with E-state index >= 15 is 0 Å². The molecule has 1 atom stereocenters. The lowest BCUT2D eigenvalue weighted by Gasteiger charge is -2.19. The Morgan fingerprint density at radius 1 is 1.21 bits per heavy atom. The molecule has 0 aliphatic heterocycles. The third-order valence-corrected chi connectivity index (χ3v) is 3.41. The molecule has 0 saturated heterocycles. The summed E-state index contributed by atoms with van der Waals surface area (Å²) in [7, 11) is 1.78. The number of carbonyl (C=O) groups excluding carboxylic acids is 1. The molecule has 0 fully saturated rings. The molecule has 122 valence electrons. The zero-order valence-corrected chi connectivity index (χ0v) is 12.8. The second-order valence-electron chi connectivity index (χ2n) is 5.04. The predicted octanol–water partition coefficient (Wildman–Crippen LogP) is 2.26. The Labute approximate surface area is 137 Å². The van der Waals surface area contributed by atoms with Crippen molar-refractivity contribution >= 4 is 11.8 Å². The van der Waals surface area contributed by atoms with Crippen molar-refractivity contribution in [2.24, 2.45) is 7.05 Å². The number of anilines is 1. The Kier molecular flexibility index (Phi) is 4.46. The first-order chi connectivity index (χ1) is 11.6. The van der Waals surface area contributed by atoms with Crippen molar-refractivity contribution in [3.8, 4) is 0 Å². The quantitative estimate of drug-likeness (QED) is 0.770. The number of benzene rings is 1. The number of imidazole rings is 1. The Balaban J connectivity index is 1.87. The maximum atomic E-state index is 14.2. The lowest BCUT2D eigenvalue weighted by atomic mass is 10.1. The fraction of sp³-hybridized carbons (Fsp3) is 0.125. The van der Waals surface area contributed by atoms with Crippen LogP contribution >= 0.6 is 0 Å². The lowest BCUT2D eigenvalue weighted by molar-refractivity contribution is 0.249. The molecule has 1 aromatic carbocycles. The van der Waals surface area contributed by atoms with Gasteiger partial charge in [-0.15, -0.1) is 0 Å². The van der Waals surface area contributed by atoms with E-state index in [-0.39, 0.29) is 0 Å². The van der Waals surface area contributed by atoms with E-state index in [1.165, 1.54) is 24.7 Å². The fourth-order valence-electron chi connectivity index (χ4n) is 2.29. The van der Waals surface area contributed by atoms with E-state index < -0.39 is 17.9 Å². The minimum atomic E-state index is -0.747.